The second-order valence-electron chi connectivity index (χ2n) is 4.21. The zero-order valence-corrected chi connectivity index (χ0v) is 11.3. The molecule has 1 aromatic heterocycles. The average molecular weight is 280 g/mol. The van der Waals surface area contributed by atoms with Crippen LogP contribution in [0, 0.1) is 0 Å². The molecule has 0 saturated heterocycles. The summed E-state index contributed by atoms with van der Waals surface area (Å²) in [5, 5.41) is 5.19. The first kappa shape index (κ1) is 14.1. The van der Waals surface area contributed by atoms with Gasteiger partial charge in [-0.1, -0.05) is 0 Å². The van der Waals surface area contributed by atoms with E-state index in [1.807, 2.05) is 0 Å². The Bertz CT molecular complexity index is 521. The summed E-state index contributed by atoms with van der Waals surface area (Å²) >= 11 is 0. The van der Waals surface area contributed by atoms with Crippen molar-refractivity contribution in [1.82, 2.24) is 10.6 Å². The Morgan fingerprint density at radius 2 is 2.25 bits per heavy atom. The van der Waals surface area contributed by atoms with Crippen molar-refractivity contribution in [1.29, 1.82) is 0 Å². The summed E-state index contributed by atoms with van der Waals surface area (Å²) in [7, 11) is 1.52. The van der Waals surface area contributed by atoms with Crippen LogP contribution in [0.15, 0.2) is 34.1 Å². The van der Waals surface area contributed by atoms with Crippen LogP contribution in [0.5, 0.6) is 0 Å². The van der Waals surface area contributed by atoms with Crippen molar-refractivity contribution in [2.45, 2.75) is 13.0 Å². The van der Waals surface area contributed by atoms with Crippen LogP contribution in [0.4, 0.5) is 4.79 Å². The third-order valence-corrected chi connectivity index (χ3v) is 2.84. The Labute approximate surface area is 115 Å². The molecule has 7 nitrogen and oxygen atoms in total. The lowest BCUT2D eigenvalue weighted by Crippen LogP contribution is -2.45. The molecular formula is C13H16N2O5. The van der Waals surface area contributed by atoms with Crippen molar-refractivity contribution in [3.63, 3.8) is 0 Å². The Hall–Kier alpha value is -2.28. The Morgan fingerprint density at radius 1 is 1.45 bits per heavy atom. The van der Waals surface area contributed by atoms with Gasteiger partial charge in [0.05, 0.1) is 18.4 Å². The highest BCUT2D eigenvalue weighted by Gasteiger charge is 2.33. The molecular weight excluding hydrogens is 264 g/mol. The van der Waals surface area contributed by atoms with Gasteiger partial charge in [-0.05, 0) is 19.1 Å². The van der Waals surface area contributed by atoms with Gasteiger partial charge >= 0.3 is 12.0 Å². The molecule has 0 aliphatic carbocycles. The van der Waals surface area contributed by atoms with Gasteiger partial charge in [0.15, 0.2) is 0 Å². The highest BCUT2D eigenvalue weighted by molar-refractivity contribution is 5.94. The van der Waals surface area contributed by atoms with Gasteiger partial charge in [0.1, 0.15) is 18.4 Å². The molecule has 0 unspecified atom stereocenters. The average Bonchev–Trinajstić information content (AvgIpc) is 2.91. The van der Waals surface area contributed by atoms with E-state index in [4.69, 9.17) is 13.9 Å². The quantitative estimate of drug-likeness (QED) is 0.622. The molecule has 0 saturated carbocycles. The number of rotatable bonds is 5. The van der Waals surface area contributed by atoms with Gasteiger partial charge in [-0.25, -0.2) is 9.59 Å². The van der Waals surface area contributed by atoms with Crippen LogP contribution < -0.4 is 10.6 Å². The molecule has 1 aliphatic heterocycles. The fraction of sp³-hybridized carbons (Fsp3) is 0.385. The number of carbonyl (C=O) groups is 2. The van der Waals surface area contributed by atoms with Gasteiger partial charge in [0.25, 0.3) is 0 Å². The van der Waals surface area contributed by atoms with Crippen LogP contribution in [-0.4, -0.2) is 32.3 Å². The third-order valence-electron chi connectivity index (χ3n) is 2.84. The van der Waals surface area contributed by atoms with Gasteiger partial charge in [-0.3, -0.25) is 0 Å². The molecule has 2 rings (SSSR count). The van der Waals surface area contributed by atoms with Gasteiger partial charge in [-0.15, -0.1) is 0 Å². The number of methoxy groups -OCH3 is 1. The van der Waals surface area contributed by atoms with Crippen molar-refractivity contribution >= 4 is 12.0 Å². The van der Waals surface area contributed by atoms with Crippen molar-refractivity contribution < 1.29 is 23.5 Å². The molecule has 1 aliphatic rings. The van der Waals surface area contributed by atoms with E-state index in [9.17, 15) is 9.59 Å². The molecule has 2 amide bonds. The first-order chi connectivity index (χ1) is 9.63. The van der Waals surface area contributed by atoms with Crippen LogP contribution in [0.25, 0.3) is 0 Å². The van der Waals surface area contributed by atoms with Crippen molar-refractivity contribution in [2.75, 3.05) is 20.3 Å². The molecule has 0 spiro atoms. The fourth-order valence-electron chi connectivity index (χ4n) is 1.93. The first-order valence-corrected chi connectivity index (χ1v) is 6.11. The number of nitrogens with one attached hydrogen (secondary N) is 2. The summed E-state index contributed by atoms with van der Waals surface area (Å²) in [6, 6.07) is 2.32. The first-order valence-electron chi connectivity index (χ1n) is 6.11. The van der Waals surface area contributed by atoms with Crippen LogP contribution in [-0.2, 0) is 14.3 Å². The summed E-state index contributed by atoms with van der Waals surface area (Å²) < 4.78 is 15.2. The fourth-order valence-corrected chi connectivity index (χ4v) is 1.93. The number of ether oxygens (including phenoxy) is 2. The molecule has 2 heterocycles. The molecule has 108 valence electrons. The monoisotopic (exact) mass is 280 g/mol. The number of carbonyl (C=O) groups excluding carboxylic acids is 2. The molecule has 0 bridgehead atoms. The number of hydrogen-bond donors (Lipinski definition) is 2. The van der Waals surface area contributed by atoms with E-state index in [1.165, 1.54) is 13.4 Å². The lowest BCUT2D eigenvalue weighted by molar-refractivity contribution is -0.140. The highest BCUT2D eigenvalue weighted by Crippen LogP contribution is 2.27. The number of urea groups is 1. The standard InChI is InChI=1S/C13H16N2O5/c1-8-10(12(16)20-7-6-18-2)11(15-13(17)14-8)9-4-3-5-19-9/h3-5,11H,6-7H2,1-2H3,(H2,14,15,17)/t11-/m0/s1. The maximum absolute atomic E-state index is 12.1. The molecule has 1 atom stereocenters. The lowest BCUT2D eigenvalue weighted by Gasteiger charge is -2.26. The predicted molar refractivity (Wildman–Crippen MR) is 68.7 cm³/mol. The largest absolute Gasteiger partial charge is 0.467 e. The predicted octanol–water partition coefficient (Wildman–Crippen LogP) is 1.10. The molecule has 1 aromatic rings. The minimum atomic E-state index is -0.659. The van der Waals surface area contributed by atoms with Crippen LogP contribution >= 0.6 is 0 Å². The van der Waals surface area contributed by atoms with E-state index >= 15 is 0 Å². The summed E-state index contributed by atoms with van der Waals surface area (Å²) in [6.45, 7) is 2.09. The number of amides is 2. The van der Waals surface area contributed by atoms with Crippen LogP contribution in [0.1, 0.15) is 18.7 Å². The molecule has 2 N–H and O–H groups in total. The zero-order valence-electron chi connectivity index (χ0n) is 11.3. The van der Waals surface area contributed by atoms with Crippen LogP contribution in [0.2, 0.25) is 0 Å². The second kappa shape index (κ2) is 6.25. The maximum Gasteiger partial charge on any atom is 0.338 e. The van der Waals surface area contributed by atoms with Gasteiger partial charge in [0.2, 0.25) is 0 Å². The van der Waals surface area contributed by atoms with Gasteiger partial charge in [0, 0.05) is 12.8 Å². The summed E-state index contributed by atoms with van der Waals surface area (Å²) in [5.74, 6) is -0.0497. The third kappa shape index (κ3) is 3.00. The van der Waals surface area contributed by atoms with E-state index in [2.05, 4.69) is 10.6 Å². The normalized spacial score (nSPS) is 18.5. The van der Waals surface area contributed by atoms with E-state index in [-0.39, 0.29) is 6.61 Å². The van der Waals surface area contributed by atoms with Gasteiger partial charge < -0.3 is 24.5 Å². The van der Waals surface area contributed by atoms with Gasteiger partial charge in [-0.2, -0.15) is 0 Å². The van der Waals surface area contributed by atoms with E-state index in [0.29, 0.717) is 23.6 Å². The Morgan fingerprint density at radius 3 is 2.90 bits per heavy atom. The second-order valence-corrected chi connectivity index (χ2v) is 4.21. The summed E-state index contributed by atoms with van der Waals surface area (Å²) in [6.07, 6.45) is 1.48. The number of allylic oxidation sites excluding steroid dienone is 1. The minimum absolute atomic E-state index is 0.144. The Balaban J connectivity index is 2.22. The summed E-state index contributed by atoms with van der Waals surface area (Å²) in [5.41, 5.74) is 0.758. The molecule has 0 fully saturated rings. The number of furan rings is 1. The van der Waals surface area contributed by atoms with Crippen molar-refractivity contribution in [3.05, 3.63) is 35.4 Å². The zero-order chi connectivity index (χ0) is 14.5. The lowest BCUT2D eigenvalue weighted by atomic mass is 10.0. The highest BCUT2D eigenvalue weighted by atomic mass is 16.6. The Kier molecular flexibility index (Phi) is 4.41. The topological polar surface area (TPSA) is 89.8 Å². The van der Waals surface area contributed by atoms with Crippen LogP contribution in [0.3, 0.4) is 0 Å². The van der Waals surface area contributed by atoms with E-state index < -0.39 is 18.0 Å². The SMILES string of the molecule is COCCOC(=O)C1=C(C)NC(=O)N[C@H]1c1ccco1. The van der Waals surface area contributed by atoms with Crippen molar-refractivity contribution in [2.24, 2.45) is 0 Å². The number of hydrogen-bond acceptors (Lipinski definition) is 5. The van der Waals surface area contributed by atoms with Crippen molar-refractivity contribution in [3.8, 4) is 0 Å². The molecule has 0 aromatic carbocycles. The minimum Gasteiger partial charge on any atom is -0.467 e. The smallest absolute Gasteiger partial charge is 0.338 e. The number of esters is 1. The van der Waals surface area contributed by atoms with E-state index in [0.717, 1.165) is 0 Å². The summed E-state index contributed by atoms with van der Waals surface area (Å²) in [4.78, 5) is 23.7. The molecule has 0 radical (unpaired) electrons. The maximum atomic E-state index is 12.1. The molecule has 20 heavy (non-hydrogen) atoms. The molecule has 7 heteroatoms. The van der Waals surface area contributed by atoms with E-state index in [1.54, 1.807) is 19.1 Å².